The van der Waals surface area contributed by atoms with Gasteiger partial charge in [0.1, 0.15) is 6.29 Å². The zero-order valence-corrected chi connectivity index (χ0v) is 7.79. The number of phenolic OH excluding ortho intramolecular Hbond substituents is 1. The average molecular weight is 198 g/mol. The molecule has 0 radical (unpaired) electrons. The van der Waals surface area contributed by atoms with Gasteiger partial charge >= 0.3 is 0 Å². The van der Waals surface area contributed by atoms with Gasteiger partial charge in [-0.25, -0.2) is 4.39 Å². The van der Waals surface area contributed by atoms with Crippen molar-refractivity contribution in [1.82, 2.24) is 0 Å². The van der Waals surface area contributed by atoms with Crippen LogP contribution in [-0.2, 0) is 11.2 Å². The van der Waals surface area contributed by atoms with Gasteiger partial charge < -0.3 is 14.6 Å². The van der Waals surface area contributed by atoms with Crippen LogP contribution in [0.1, 0.15) is 12.0 Å². The number of halogens is 1. The molecule has 0 aliphatic heterocycles. The highest BCUT2D eigenvalue weighted by Gasteiger charge is 2.12. The molecule has 0 fully saturated rings. The minimum absolute atomic E-state index is 0.0948. The van der Waals surface area contributed by atoms with E-state index in [1.165, 1.54) is 19.2 Å². The second-order valence-corrected chi connectivity index (χ2v) is 2.79. The molecule has 1 N–H and O–H groups in total. The summed E-state index contributed by atoms with van der Waals surface area (Å²) in [5.74, 6) is -1.13. The van der Waals surface area contributed by atoms with E-state index < -0.39 is 11.6 Å². The maximum atomic E-state index is 13.3. The fourth-order valence-corrected chi connectivity index (χ4v) is 1.16. The lowest BCUT2D eigenvalue weighted by Gasteiger charge is -2.07. The Morgan fingerprint density at radius 1 is 1.57 bits per heavy atom. The smallest absolute Gasteiger partial charge is 0.194 e. The van der Waals surface area contributed by atoms with Gasteiger partial charge in [0.05, 0.1) is 7.11 Å². The quantitative estimate of drug-likeness (QED) is 0.748. The molecule has 0 saturated carbocycles. The van der Waals surface area contributed by atoms with Gasteiger partial charge in [0.15, 0.2) is 17.3 Å². The standard InChI is InChI=1S/C10H11FO3/c1-14-8-5-4-7(3-2-6-12)9(11)10(8)13/h4-6,13H,2-3H2,1H3. The monoisotopic (exact) mass is 198 g/mol. The molecule has 0 heterocycles. The van der Waals surface area contributed by atoms with E-state index in [-0.39, 0.29) is 18.6 Å². The van der Waals surface area contributed by atoms with Crippen LogP contribution in [0.5, 0.6) is 11.5 Å². The molecule has 1 aromatic rings. The van der Waals surface area contributed by atoms with E-state index in [0.29, 0.717) is 11.8 Å². The van der Waals surface area contributed by atoms with Crippen molar-refractivity contribution in [3.8, 4) is 11.5 Å². The first kappa shape index (κ1) is 10.5. The number of ether oxygens (including phenoxy) is 1. The highest BCUT2D eigenvalue weighted by atomic mass is 19.1. The van der Waals surface area contributed by atoms with Crippen LogP contribution < -0.4 is 4.74 Å². The van der Waals surface area contributed by atoms with E-state index in [4.69, 9.17) is 4.74 Å². The van der Waals surface area contributed by atoms with E-state index in [1.807, 2.05) is 0 Å². The zero-order valence-electron chi connectivity index (χ0n) is 7.79. The molecule has 3 nitrogen and oxygen atoms in total. The average Bonchev–Trinajstić information content (AvgIpc) is 2.20. The SMILES string of the molecule is COc1ccc(CCC=O)c(F)c1O. The van der Waals surface area contributed by atoms with E-state index in [0.717, 1.165) is 0 Å². The second kappa shape index (κ2) is 4.60. The number of methoxy groups -OCH3 is 1. The third-order valence-corrected chi connectivity index (χ3v) is 1.91. The van der Waals surface area contributed by atoms with Crippen LogP contribution in [-0.4, -0.2) is 18.5 Å². The lowest BCUT2D eigenvalue weighted by atomic mass is 10.1. The fraction of sp³-hybridized carbons (Fsp3) is 0.300. The third-order valence-electron chi connectivity index (χ3n) is 1.91. The van der Waals surface area contributed by atoms with Gasteiger partial charge in [0, 0.05) is 6.42 Å². The predicted molar refractivity (Wildman–Crippen MR) is 49.0 cm³/mol. The van der Waals surface area contributed by atoms with Crippen LogP contribution in [0.4, 0.5) is 4.39 Å². The summed E-state index contributed by atoms with van der Waals surface area (Å²) in [6.45, 7) is 0. The molecular formula is C10H11FO3. The molecule has 0 amide bonds. The van der Waals surface area contributed by atoms with Crippen LogP contribution in [0.3, 0.4) is 0 Å². The highest BCUT2D eigenvalue weighted by molar-refractivity contribution is 5.51. The summed E-state index contributed by atoms with van der Waals surface area (Å²) >= 11 is 0. The molecule has 76 valence electrons. The van der Waals surface area contributed by atoms with Gasteiger partial charge in [0.25, 0.3) is 0 Å². The minimum Gasteiger partial charge on any atom is -0.502 e. The molecule has 0 aromatic heterocycles. The molecule has 1 rings (SSSR count). The van der Waals surface area contributed by atoms with Crippen molar-refractivity contribution in [1.29, 1.82) is 0 Å². The molecule has 1 aromatic carbocycles. The molecule has 0 aliphatic carbocycles. The number of carbonyl (C=O) groups excluding carboxylic acids is 1. The minimum atomic E-state index is -0.716. The lowest BCUT2D eigenvalue weighted by molar-refractivity contribution is -0.107. The third kappa shape index (κ3) is 2.02. The Morgan fingerprint density at radius 2 is 2.29 bits per heavy atom. The molecule has 0 bridgehead atoms. The summed E-state index contributed by atoms with van der Waals surface area (Å²) in [6.07, 6.45) is 1.23. The number of carbonyl (C=O) groups is 1. The molecule has 4 heteroatoms. The van der Waals surface area contributed by atoms with Crippen molar-refractivity contribution < 1.29 is 19.0 Å². The van der Waals surface area contributed by atoms with E-state index in [1.54, 1.807) is 0 Å². The first-order valence-electron chi connectivity index (χ1n) is 4.18. The summed E-state index contributed by atoms with van der Waals surface area (Å²) in [4.78, 5) is 10.1. The van der Waals surface area contributed by atoms with Crippen molar-refractivity contribution in [3.63, 3.8) is 0 Å². The Labute approximate surface area is 81.1 Å². The number of hydrogen-bond acceptors (Lipinski definition) is 3. The first-order valence-corrected chi connectivity index (χ1v) is 4.18. The van der Waals surface area contributed by atoms with Gasteiger partial charge in [0.2, 0.25) is 0 Å². The Kier molecular flexibility index (Phi) is 3.45. The Bertz CT molecular complexity index is 336. The van der Waals surface area contributed by atoms with E-state index in [2.05, 4.69) is 0 Å². The van der Waals surface area contributed by atoms with Crippen LogP contribution in [0.25, 0.3) is 0 Å². The predicted octanol–water partition coefficient (Wildman–Crippen LogP) is 1.67. The molecule has 0 unspecified atom stereocenters. The second-order valence-electron chi connectivity index (χ2n) is 2.79. The first-order chi connectivity index (χ1) is 6.70. The number of phenols is 1. The van der Waals surface area contributed by atoms with E-state index in [9.17, 15) is 14.3 Å². The lowest BCUT2D eigenvalue weighted by Crippen LogP contribution is -1.94. The Morgan fingerprint density at radius 3 is 2.86 bits per heavy atom. The molecule has 0 spiro atoms. The summed E-state index contributed by atoms with van der Waals surface area (Å²) in [5.41, 5.74) is 0.315. The van der Waals surface area contributed by atoms with E-state index >= 15 is 0 Å². The molecular weight excluding hydrogens is 187 g/mol. The van der Waals surface area contributed by atoms with Crippen molar-refractivity contribution in [2.75, 3.05) is 7.11 Å². The molecule has 0 saturated heterocycles. The van der Waals surface area contributed by atoms with Crippen molar-refractivity contribution in [2.24, 2.45) is 0 Å². The van der Waals surface area contributed by atoms with Crippen LogP contribution in [0.15, 0.2) is 12.1 Å². The van der Waals surface area contributed by atoms with Gasteiger partial charge in [-0.05, 0) is 18.1 Å². The van der Waals surface area contributed by atoms with Gasteiger partial charge in [-0.1, -0.05) is 6.07 Å². The molecule has 14 heavy (non-hydrogen) atoms. The van der Waals surface area contributed by atoms with Crippen LogP contribution in [0, 0.1) is 5.82 Å². The largest absolute Gasteiger partial charge is 0.502 e. The number of benzene rings is 1. The summed E-state index contributed by atoms with van der Waals surface area (Å²) < 4.78 is 18.1. The number of aldehydes is 1. The Balaban J connectivity index is 2.98. The summed E-state index contributed by atoms with van der Waals surface area (Å²) in [6, 6.07) is 2.97. The zero-order chi connectivity index (χ0) is 10.6. The maximum Gasteiger partial charge on any atom is 0.194 e. The normalized spacial score (nSPS) is 9.86. The summed E-state index contributed by atoms with van der Waals surface area (Å²) in [5, 5.41) is 9.29. The fourth-order valence-electron chi connectivity index (χ4n) is 1.16. The van der Waals surface area contributed by atoms with Crippen molar-refractivity contribution >= 4 is 6.29 Å². The number of aryl methyl sites for hydroxylation is 1. The highest BCUT2D eigenvalue weighted by Crippen LogP contribution is 2.30. The summed E-state index contributed by atoms with van der Waals surface area (Å²) in [7, 11) is 1.35. The maximum absolute atomic E-state index is 13.3. The molecule has 0 atom stereocenters. The Hall–Kier alpha value is -1.58. The number of hydrogen-bond donors (Lipinski definition) is 1. The number of rotatable bonds is 4. The van der Waals surface area contributed by atoms with Crippen molar-refractivity contribution in [3.05, 3.63) is 23.5 Å². The van der Waals surface area contributed by atoms with Gasteiger partial charge in [-0.2, -0.15) is 0 Å². The van der Waals surface area contributed by atoms with Gasteiger partial charge in [-0.15, -0.1) is 0 Å². The molecule has 0 aliphatic rings. The van der Waals surface area contributed by atoms with Gasteiger partial charge in [-0.3, -0.25) is 0 Å². The topological polar surface area (TPSA) is 46.5 Å². The van der Waals surface area contributed by atoms with Crippen LogP contribution in [0.2, 0.25) is 0 Å². The number of aromatic hydroxyl groups is 1. The van der Waals surface area contributed by atoms with Crippen LogP contribution >= 0.6 is 0 Å². The van der Waals surface area contributed by atoms with Crippen molar-refractivity contribution in [2.45, 2.75) is 12.8 Å².